The van der Waals surface area contributed by atoms with E-state index in [-0.39, 0.29) is 39.7 Å². The number of benzene rings is 2. The van der Waals surface area contributed by atoms with E-state index in [4.69, 9.17) is 27.9 Å². The molecule has 0 spiro atoms. The van der Waals surface area contributed by atoms with E-state index in [0.717, 1.165) is 31.4 Å². The average Bonchev–Trinajstić information content (AvgIpc) is 3.36. The van der Waals surface area contributed by atoms with Gasteiger partial charge in [-0.1, -0.05) is 29.3 Å². The summed E-state index contributed by atoms with van der Waals surface area (Å²) in [5, 5.41) is 2.77. The van der Waals surface area contributed by atoms with Gasteiger partial charge in [-0.3, -0.25) is 4.79 Å². The number of hydrogen-bond donors (Lipinski definition) is 2. The van der Waals surface area contributed by atoms with E-state index < -0.39 is 15.9 Å². The lowest BCUT2D eigenvalue weighted by Crippen LogP contribution is -2.29. The summed E-state index contributed by atoms with van der Waals surface area (Å²) in [6.45, 7) is 0.529. The van der Waals surface area contributed by atoms with Crippen LogP contribution in [0.25, 0.3) is 0 Å². The molecule has 2 aliphatic rings. The van der Waals surface area contributed by atoms with Crippen LogP contribution in [0.5, 0.6) is 5.75 Å². The molecule has 1 fully saturated rings. The Kier molecular flexibility index (Phi) is 6.25. The van der Waals surface area contributed by atoms with Crippen molar-refractivity contribution in [2.24, 2.45) is 0 Å². The van der Waals surface area contributed by atoms with Gasteiger partial charge in [-0.2, -0.15) is 0 Å². The number of fused-ring (bicyclic) bond motifs is 1. The molecule has 0 atom stereocenters. The molecular formula is C21H22Cl2N2O4S. The summed E-state index contributed by atoms with van der Waals surface area (Å²) in [5.74, 6) is 0.283. The summed E-state index contributed by atoms with van der Waals surface area (Å²) < 4.78 is 33.3. The Morgan fingerprint density at radius 3 is 2.60 bits per heavy atom. The van der Waals surface area contributed by atoms with Gasteiger partial charge in [-0.05, 0) is 67.5 Å². The second-order valence-electron chi connectivity index (χ2n) is 7.55. The molecule has 2 aromatic rings. The molecule has 0 bridgehead atoms. The monoisotopic (exact) mass is 468 g/mol. The van der Waals surface area contributed by atoms with Crippen LogP contribution in [0.1, 0.15) is 40.7 Å². The highest BCUT2D eigenvalue weighted by molar-refractivity contribution is 7.89. The van der Waals surface area contributed by atoms with Crippen LogP contribution in [-0.2, 0) is 22.9 Å². The molecule has 1 amide bonds. The summed E-state index contributed by atoms with van der Waals surface area (Å²) in [5.41, 5.74) is 2.74. The lowest BCUT2D eigenvalue weighted by atomic mass is 10.1. The van der Waals surface area contributed by atoms with Gasteiger partial charge in [0.2, 0.25) is 10.0 Å². The van der Waals surface area contributed by atoms with Crippen molar-refractivity contribution in [3.05, 3.63) is 57.1 Å². The molecule has 0 aliphatic heterocycles. The van der Waals surface area contributed by atoms with Gasteiger partial charge in [0.05, 0.1) is 22.2 Å². The molecule has 1 saturated carbocycles. The Bertz CT molecular complexity index is 1080. The second-order valence-corrected chi connectivity index (χ2v) is 10.0. The molecule has 0 heterocycles. The summed E-state index contributed by atoms with van der Waals surface area (Å²) in [4.78, 5) is 12.4. The number of amides is 1. The van der Waals surface area contributed by atoms with Crippen LogP contribution in [0.4, 0.5) is 0 Å². The first-order chi connectivity index (χ1) is 14.3. The minimum Gasteiger partial charge on any atom is -0.492 e. The fourth-order valence-electron chi connectivity index (χ4n) is 3.46. The van der Waals surface area contributed by atoms with Crippen molar-refractivity contribution >= 4 is 39.1 Å². The zero-order chi connectivity index (χ0) is 21.3. The van der Waals surface area contributed by atoms with Crippen molar-refractivity contribution in [3.63, 3.8) is 0 Å². The Labute approximate surface area is 186 Å². The summed E-state index contributed by atoms with van der Waals surface area (Å²) in [7, 11) is -3.81. The molecule has 0 radical (unpaired) electrons. The van der Waals surface area contributed by atoms with E-state index in [0.29, 0.717) is 0 Å². The molecule has 0 saturated heterocycles. The Morgan fingerprint density at radius 2 is 1.83 bits per heavy atom. The van der Waals surface area contributed by atoms with E-state index >= 15 is 0 Å². The van der Waals surface area contributed by atoms with E-state index in [1.54, 1.807) is 0 Å². The molecule has 30 heavy (non-hydrogen) atoms. The Balaban J connectivity index is 1.37. The van der Waals surface area contributed by atoms with Gasteiger partial charge in [-0.25, -0.2) is 13.1 Å². The lowest BCUT2D eigenvalue weighted by molar-refractivity contribution is 0.0947. The maximum atomic E-state index is 12.5. The highest BCUT2D eigenvalue weighted by Gasteiger charge is 2.30. The topological polar surface area (TPSA) is 84.5 Å². The highest BCUT2D eigenvalue weighted by atomic mass is 35.5. The quantitative estimate of drug-likeness (QED) is 0.577. The SMILES string of the molecule is O=C(NCCOc1ccc2c(c1)CCC2)c1cc(S(=O)(=O)NC2CC2)c(Cl)cc1Cl. The third-order valence-electron chi connectivity index (χ3n) is 5.18. The van der Waals surface area contributed by atoms with Crippen LogP contribution >= 0.6 is 23.2 Å². The van der Waals surface area contributed by atoms with Gasteiger partial charge in [0.1, 0.15) is 17.3 Å². The molecule has 2 aromatic carbocycles. The first-order valence-corrected chi connectivity index (χ1v) is 12.1. The number of ether oxygens (including phenoxy) is 1. The number of nitrogens with one attached hydrogen (secondary N) is 2. The summed E-state index contributed by atoms with van der Waals surface area (Å²) >= 11 is 12.2. The predicted molar refractivity (Wildman–Crippen MR) is 116 cm³/mol. The maximum Gasteiger partial charge on any atom is 0.252 e. The molecule has 0 unspecified atom stereocenters. The lowest BCUT2D eigenvalue weighted by Gasteiger charge is -2.12. The summed E-state index contributed by atoms with van der Waals surface area (Å²) in [6, 6.07) is 8.49. The number of aryl methyl sites for hydroxylation is 2. The fourth-order valence-corrected chi connectivity index (χ4v) is 5.62. The largest absolute Gasteiger partial charge is 0.492 e. The fraction of sp³-hybridized carbons (Fsp3) is 0.381. The number of sulfonamides is 1. The highest BCUT2D eigenvalue weighted by Crippen LogP contribution is 2.31. The number of carbonyl (C=O) groups excluding carboxylic acids is 1. The molecule has 9 heteroatoms. The van der Waals surface area contributed by atoms with Crippen LogP contribution in [-0.4, -0.2) is 33.5 Å². The maximum absolute atomic E-state index is 12.5. The first-order valence-electron chi connectivity index (χ1n) is 9.88. The molecule has 6 nitrogen and oxygen atoms in total. The number of carbonyl (C=O) groups is 1. The number of hydrogen-bond acceptors (Lipinski definition) is 4. The van der Waals surface area contributed by atoms with Crippen molar-refractivity contribution in [1.82, 2.24) is 10.0 Å². The molecule has 4 rings (SSSR count). The predicted octanol–water partition coefficient (Wildman–Crippen LogP) is 3.73. The van der Waals surface area contributed by atoms with Crippen molar-refractivity contribution in [3.8, 4) is 5.75 Å². The second kappa shape index (κ2) is 8.75. The molecule has 2 aliphatic carbocycles. The zero-order valence-corrected chi connectivity index (χ0v) is 18.5. The first kappa shape index (κ1) is 21.4. The zero-order valence-electron chi connectivity index (χ0n) is 16.2. The smallest absolute Gasteiger partial charge is 0.252 e. The standard InChI is InChI=1S/C21H22Cl2N2O4S/c22-18-12-19(23)20(30(27,28)25-15-5-6-15)11-17(18)21(26)24-8-9-29-16-7-4-13-2-1-3-14(13)10-16/h4,7,10-12,15,25H,1-3,5-6,8-9H2,(H,24,26). The average molecular weight is 469 g/mol. The normalized spacial score (nSPS) is 15.7. The Hall–Kier alpha value is -1.80. The van der Waals surface area contributed by atoms with Gasteiger partial charge in [0.25, 0.3) is 5.91 Å². The molecule has 2 N–H and O–H groups in total. The Morgan fingerprint density at radius 1 is 1.07 bits per heavy atom. The van der Waals surface area contributed by atoms with Crippen LogP contribution < -0.4 is 14.8 Å². The van der Waals surface area contributed by atoms with E-state index in [1.807, 2.05) is 12.1 Å². The van der Waals surface area contributed by atoms with Gasteiger partial charge >= 0.3 is 0 Å². The van der Waals surface area contributed by atoms with Crippen LogP contribution in [0.15, 0.2) is 35.2 Å². The summed E-state index contributed by atoms with van der Waals surface area (Å²) in [6.07, 6.45) is 4.94. The van der Waals surface area contributed by atoms with E-state index in [2.05, 4.69) is 16.1 Å². The van der Waals surface area contributed by atoms with Gasteiger partial charge in [0, 0.05) is 6.04 Å². The third-order valence-corrected chi connectivity index (χ3v) is 7.48. The van der Waals surface area contributed by atoms with Gasteiger partial charge < -0.3 is 10.1 Å². The van der Waals surface area contributed by atoms with Crippen LogP contribution in [0, 0.1) is 0 Å². The van der Waals surface area contributed by atoms with Gasteiger partial charge in [0.15, 0.2) is 0 Å². The van der Waals surface area contributed by atoms with Crippen molar-refractivity contribution in [2.75, 3.05) is 13.2 Å². The van der Waals surface area contributed by atoms with Crippen molar-refractivity contribution in [1.29, 1.82) is 0 Å². The van der Waals surface area contributed by atoms with Crippen LogP contribution in [0.2, 0.25) is 10.0 Å². The van der Waals surface area contributed by atoms with E-state index in [9.17, 15) is 13.2 Å². The van der Waals surface area contributed by atoms with Crippen molar-refractivity contribution < 1.29 is 17.9 Å². The van der Waals surface area contributed by atoms with E-state index in [1.165, 1.54) is 29.7 Å². The minimum absolute atomic E-state index is 0.0235. The molecule has 160 valence electrons. The minimum atomic E-state index is -3.81. The number of halogens is 2. The molecule has 0 aromatic heterocycles. The van der Waals surface area contributed by atoms with Gasteiger partial charge in [-0.15, -0.1) is 0 Å². The molecular weight excluding hydrogens is 447 g/mol. The number of rotatable bonds is 8. The third kappa shape index (κ3) is 4.91. The van der Waals surface area contributed by atoms with Crippen molar-refractivity contribution in [2.45, 2.75) is 43.0 Å². The van der Waals surface area contributed by atoms with Crippen LogP contribution in [0.3, 0.4) is 0 Å².